The summed E-state index contributed by atoms with van der Waals surface area (Å²) in [6.45, 7) is 2.96. The van der Waals surface area contributed by atoms with Gasteiger partial charge in [0.05, 0.1) is 5.69 Å². The van der Waals surface area contributed by atoms with Gasteiger partial charge in [-0.05, 0) is 18.6 Å². The van der Waals surface area contributed by atoms with Gasteiger partial charge in [-0.3, -0.25) is 4.98 Å². The summed E-state index contributed by atoms with van der Waals surface area (Å²) in [5.41, 5.74) is 0.841. The molecule has 1 aromatic heterocycles. The molecule has 3 nitrogen and oxygen atoms in total. The summed E-state index contributed by atoms with van der Waals surface area (Å²) < 4.78 is 5.33. The van der Waals surface area contributed by atoms with Gasteiger partial charge in [-0.25, -0.2) is 0 Å². The molecule has 82 valence electrons. The van der Waals surface area contributed by atoms with E-state index in [0.717, 1.165) is 18.7 Å². The van der Waals surface area contributed by atoms with E-state index in [1.165, 1.54) is 0 Å². The van der Waals surface area contributed by atoms with Gasteiger partial charge in [-0.15, -0.1) is 0 Å². The number of nitrogens with one attached hydrogen (secondary N) is 1. The first kappa shape index (κ1) is 12.1. The van der Waals surface area contributed by atoms with Gasteiger partial charge in [0, 0.05) is 19.9 Å². The lowest BCUT2D eigenvalue weighted by atomic mass is 10.2. The van der Waals surface area contributed by atoms with E-state index in [0.29, 0.717) is 4.99 Å². The zero-order valence-electron chi connectivity index (χ0n) is 9.06. The third kappa shape index (κ3) is 3.57. The van der Waals surface area contributed by atoms with Crippen LogP contribution in [0.3, 0.4) is 0 Å². The van der Waals surface area contributed by atoms with E-state index in [9.17, 15) is 0 Å². The lowest BCUT2D eigenvalue weighted by Gasteiger charge is -2.16. The average molecular weight is 224 g/mol. The van der Waals surface area contributed by atoms with Crippen molar-refractivity contribution in [2.45, 2.75) is 19.4 Å². The molecule has 0 aromatic carbocycles. The Bertz CT molecular complexity index is 303. The highest BCUT2D eigenvalue weighted by Gasteiger charge is 2.16. The smallest absolute Gasteiger partial charge is 0.149 e. The van der Waals surface area contributed by atoms with E-state index in [2.05, 4.69) is 17.2 Å². The number of hydrogen-bond acceptors (Lipinski definition) is 3. The Morgan fingerprint density at radius 1 is 1.60 bits per heavy atom. The first-order valence-corrected chi connectivity index (χ1v) is 5.41. The second-order valence-corrected chi connectivity index (χ2v) is 3.60. The van der Waals surface area contributed by atoms with Crippen LogP contribution in [0.25, 0.3) is 0 Å². The molecule has 1 rings (SSSR count). The molecule has 0 aliphatic rings. The molecule has 4 heteroatoms. The van der Waals surface area contributed by atoms with Crippen molar-refractivity contribution in [1.82, 2.24) is 10.3 Å². The summed E-state index contributed by atoms with van der Waals surface area (Å²) in [5.74, 6) is 0. The number of thiocarbonyl (C=S) groups is 1. The van der Waals surface area contributed by atoms with Crippen molar-refractivity contribution in [2.75, 3.05) is 13.7 Å². The molecule has 15 heavy (non-hydrogen) atoms. The van der Waals surface area contributed by atoms with Crippen LogP contribution in [0.1, 0.15) is 25.1 Å². The summed E-state index contributed by atoms with van der Waals surface area (Å²) in [5, 5.41) is 3.15. The lowest BCUT2D eigenvalue weighted by molar-refractivity contribution is 0.153. The molecule has 0 fully saturated rings. The molecule has 0 amide bonds. The first-order chi connectivity index (χ1) is 7.29. The number of rotatable bonds is 5. The highest BCUT2D eigenvalue weighted by atomic mass is 32.1. The Hall–Kier alpha value is -1.00. The summed E-state index contributed by atoms with van der Waals surface area (Å²) in [7, 11) is 1.64. The number of aromatic nitrogens is 1. The van der Waals surface area contributed by atoms with Gasteiger partial charge >= 0.3 is 0 Å². The molecule has 1 aromatic rings. The van der Waals surface area contributed by atoms with Gasteiger partial charge in [0.15, 0.2) is 0 Å². The van der Waals surface area contributed by atoms with Crippen LogP contribution in [0.4, 0.5) is 0 Å². The molecular formula is C11H16N2OS. The van der Waals surface area contributed by atoms with Crippen LogP contribution in [0.2, 0.25) is 0 Å². The Balaban J connectivity index is 2.67. The second-order valence-electron chi connectivity index (χ2n) is 3.16. The maximum atomic E-state index is 5.33. The Kier molecular flexibility index (Phi) is 5.21. The van der Waals surface area contributed by atoms with Crippen molar-refractivity contribution in [3.63, 3.8) is 0 Å². The molecule has 0 radical (unpaired) electrons. The van der Waals surface area contributed by atoms with Gasteiger partial charge in [-0.1, -0.05) is 25.2 Å². The molecule has 1 unspecified atom stereocenters. The van der Waals surface area contributed by atoms with E-state index in [-0.39, 0.29) is 6.10 Å². The van der Waals surface area contributed by atoms with Crippen LogP contribution in [0, 0.1) is 0 Å². The molecular weight excluding hydrogens is 208 g/mol. The standard InChI is InChI=1S/C11H16N2OS/c1-3-7-13-11(15)10(14-2)9-6-4-5-8-12-9/h4-6,8,10H,3,7H2,1-2H3,(H,13,15). The molecule has 0 aliphatic carbocycles. The monoisotopic (exact) mass is 224 g/mol. The summed E-state index contributed by atoms with van der Waals surface area (Å²) in [6, 6.07) is 5.71. The Morgan fingerprint density at radius 3 is 2.93 bits per heavy atom. The molecule has 0 aliphatic heterocycles. The average Bonchev–Trinajstić information content (AvgIpc) is 2.29. The van der Waals surface area contributed by atoms with Crippen LogP contribution >= 0.6 is 12.2 Å². The third-order valence-corrected chi connectivity index (χ3v) is 2.34. The normalized spacial score (nSPS) is 12.1. The highest BCUT2D eigenvalue weighted by molar-refractivity contribution is 7.80. The van der Waals surface area contributed by atoms with Crippen molar-refractivity contribution in [3.8, 4) is 0 Å². The minimum Gasteiger partial charge on any atom is -0.377 e. The molecule has 1 heterocycles. The van der Waals surface area contributed by atoms with Gasteiger partial charge < -0.3 is 10.1 Å². The Morgan fingerprint density at radius 2 is 2.40 bits per heavy atom. The van der Waals surface area contributed by atoms with Crippen molar-refractivity contribution >= 4 is 17.2 Å². The number of ether oxygens (including phenoxy) is 1. The second kappa shape index (κ2) is 6.48. The first-order valence-electron chi connectivity index (χ1n) is 5.01. The van der Waals surface area contributed by atoms with Crippen LogP contribution in [0.15, 0.2) is 24.4 Å². The number of nitrogens with zero attached hydrogens (tertiary/aromatic N) is 1. The summed E-state index contributed by atoms with van der Waals surface area (Å²) in [6.07, 6.45) is 2.54. The molecule has 0 spiro atoms. The van der Waals surface area contributed by atoms with E-state index >= 15 is 0 Å². The van der Waals surface area contributed by atoms with Crippen LogP contribution in [-0.4, -0.2) is 23.6 Å². The van der Waals surface area contributed by atoms with E-state index in [4.69, 9.17) is 17.0 Å². The fourth-order valence-corrected chi connectivity index (χ4v) is 1.55. The van der Waals surface area contributed by atoms with Crippen LogP contribution in [-0.2, 0) is 4.74 Å². The largest absolute Gasteiger partial charge is 0.377 e. The highest BCUT2D eigenvalue weighted by Crippen LogP contribution is 2.14. The van der Waals surface area contributed by atoms with Crippen molar-refractivity contribution in [1.29, 1.82) is 0 Å². The quantitative estimate of drug-likeness (QED) is 0.777. The fraction of sp³-hybridized carbons (Fsp3) is 0.455. The summed E-state index contributed by atoms with van der Waals surface area (Å²) in [4.78, 5) is 4.92. The Labute approximate surface area is 95.9 Å². The minimum atomic E-state index is -0.243. The molecule has 1 atom stereocenters. The maximum absolute atomic E-state index is 5.33. The SMILES string of the molecule is CCCNC(=S)C(OC)c1ccccn1. The number of hydrogen-bond donors (Lipinski definition) is 1. The van der Waals surface area contributed by atoms with Gasteiger partial charge in [-0.2, -0.15) is 0 Å². The minimum absolute atomic E-state index is 0.243. The van der Waals surface area contributed by atoms with E-state index in [1.807, 2.05) is 18.2 Å². The zero-order chi connectivity index (χ0) is 11.1. The molecule has 0 bridgehead atoms. The van der Waals surface area contributed by atoms with Gasteiger partial charge in [0.1, 0.15) is 11.1 Å². The van der Waals surface area contributed by atoms with Crippen LogP contribution < -0.4 is 5.32 Å². The van der Waals surface area contributed by atoms with Crippen molar-refractivity contribution in [2.24, 2.45) is 0 Å². The van der Waals surface area contributed by atoms with Crippen molar-refractivity contribution < 1.29 is 4.74 Å². The zero-order valence-corrected chi connectivity index (χ0v) is 9.88. The predicted molar refractivity (Wildman–Crippen MR) is 64.9 cm³/mol. The molecule has 0 saturated heterocycles. The predicted octanol–water partition coefficient (Wildman–Crippen LogP) is 2.10. The number of pyridine rings is 1. The lowest BCUT2D eigenvalue weighted by Crippen LogP contribution is -2.29. The van der Waals surface area contributed by atoms with Gasteiger partial charge in [0.25, 0.3) is 0 Å². The molecule has 0 saturated carbocycles. The number of methoxy groups -OCH3 is 1. The van der Waals surface area contributed by atoms with E-state index < -0.39 is 0 Å². The van der Waals surface area contributed by atoms with Crippen LogP contribution in [0.5, 0.6) is 0 Å². The van der Waals surface area contributed by atoms with Gasteiger partial charge in [0.2, 0.25) is 0 Å². The maximum Gasteiger partial charge on any atom is 0.149 e. The summed E-state index contributed by atoms with van der Waals surface area (Å²) >= 11 is 5.25. The third-order valence-electron chi connectivity index (χ3n) is 1.98. The fourth-order valence-electron chi connectivity index (χ4n) is 1.23. The van der Waals surface area contributed by atoms with E-state index in [1.54, 1.807) is 13.3 Å². The topological polar surface area (TPSA) is 34.1 Å². The molecule has 1 N–H and O–H groups in total. The van der Waals surface area contributed by atoms with Crippen molar-refractivity contribution in [3.05, 3.63) is 30.1 Å².